The van der Waals surface area contributed by atoms with Crippen molar-refractivity contribution in [2.75, 3.05) is 6.54 Å². The summed E-state index contributed by atoms with van der Waals surface area (Å²) in [4.78, 5) is 27.9. The lowest BCUT2D eigenvalue weighted by molar-refractivity contribution is -0.139. The number of nitrogens with zero attached hydrogens (tertiary/aromatic N) is 1. The van der Waals surface area contributed by atoms with Crippen LogP contribution in [0.1, 0.15) is 114 Å². The molecule has 1 atom stereocenters. The third-order valence-corrected chi connectivity index (χ3v) is 8.32. The maximum atomic E-state index is 13.2. The molecule has 1 heterocycles. The van der Waals surface area contributed by atoms with E-state index < -0.39 is 17.7 Å². The van der Waals surface area contributed by atoms with E-state index in [0.29, 0.717) is 17.1 Å². The molecule has 3 rings (SSSR count). The van der Waals surface area contributed by atoms with Crippen LogP contribution in [-0.2, 0) is 9.59 Å². The summed E-state index contributed by atoms with van der Waals surface area (Å²) in [6.45, 7) is 2.74. The van der Waals surface area contributed by atoms with Gasteiger partial charge in [-0.3, -0.25) is 9.59 Å². The highest BCUT2D eigenvalue weighted by atomic mass is 79.9. The lowest BCUT2D eigenvalue weighted by Crippen LogP contribution is -2.30. The standard InChI is InChI=1S/C33H43BrClNO3/c1-2-3-4-5-6-7-8-9-10-11-12-13-14-15-23-36-30(25-19-21-28(35)22-20-25)29(32(38)33(36)39)31(37)26-17-16-18-27(34)24-26/h16-22,24,30,37H,2-15,23H2,1H3/b31-29+. The number of hydrogen-bond donors (Lipinski definition) is 1. The number of benzene rings is 2. The number of Topliss-reactive ketones (excluding diaryl/α,β-unsaturated/α-hetero) is 1. The number of aliphatic hydroxyl groups is 1. The first-order chi connectivity index (χ1) is 18.9. The van der Waals surface area contributed by atoms with Crippen LogP contribution < -0.4 is 0 Å². The van der Waals surface area contributed by atoms with Crippen LogP contribution in [0.25, 0.3) is 5.76 Å². The van der Waals surface area contributed by atoms with Crippen molar-refractivity contribution in [1.29, 1.82) is 0 Å². The second kappa shape index (κ2) is 16.9. The molecule has 1 N–H and O–H groups in total. The number of likely N-dealkylation sites (tertiary alicyclic amines) is 1. The van der Waals surface area contributed by atoms with E-state index >= 15 is 0 Å². The number of aliphatic hydroxyl groups excluding tert-OH is 1. The summed E-state index contributed by atoms with van der Waals surface area (Å²) in [5.41, 5.74) is 1.39. The highest BCUT2D eigenvalue weighted by Crippen LogP contribution is 2.40. The van der Waals surface area contributed by atoms with Gasteiger partial charge in [-0.15, -0.1) is 0 Å². The highest BCUT2D eigenvalue weighted by molar-refractivity contribution is 9.10. The van der Waals surface area contributed by atoms with E-state index in [9.17, 15) is 14.7 Å². The van der Waals surface area contributed by atoms with Crippen molar-refractivity contribution < 1.29 is 14.7 Å². The second-order valence-corrected chi connectivity index (χ2v) is 12.0. The van der Waals surface area contributed by atoms with Gasteiger partial charge < -0.3 is 10.0 Å². The van der Waals surface area contributed by atoms with E-state index in [2.05, 4.69) is 22.9 Å². The summed E-state index contributed by atoms with van der Waals surface area (Å²) in [6.07, 6.45) is 17.6. The minimum absolute atomic E-state index is 0.130. The van der Waals surface area contributed by atoms with Crippen molar-refractivity contribution in [3.8, 4) is 0 Å². The maximum absolute atomic E-state index is 13.2. The monoisotopic (exact) mass is 615 g/mol. The zero-order valence-corrected chi connectivity index (χ0v) is 25.6. The molecule has 0 radical (unpaired) electrons. The van der Waals surface area contributed by atoms with E-state index in [0.717, 1.165) is 29.3 Å². The largest absolute Gasteiger partial charge is 0.507 e. The molecule has 0 spiro atoms. The number of unbranched alkanes of at least 4 members (excludes halogenated alkanes) is 13. The van der Waals surface area contributed by atoms with Crippen molar-refractivity contribution in [1.82, 2.24) is 4.90 Å². The minimum atomic E-state index is -0.641. The number of ketones is 1. The van der Waals surface area contributed by atoms with Gasteiger partial charge >= 0.3 is 0 Å². The van der Waals surface area contributed by atoms with E-state index in [4.69, 9.17) is 11.6 Å². The third kappa shape index (κ3) is 9.49. The molecule has 2 aromatic rings. The van der Waals surface area contributed by atoms with E-state index in [1.54, 1.807) is 35.2 Å². The van der Waals surface area contributed by atoms with Crippen LogP contribution in [0.5, 0.6) is 0 Å². The summed E-state index contributed by atoms with van der Waals surface area (Å²) in [6, 6.07) is 13.6. The SMILES string of the molecule is CCCCCCCCCCCCCCCCN1C(=O)C(=O)/C(=C(/O)c2cccc(Br)c2)C1c1ccc(Cl)cc1. The molecule has 0 aromatic heterocycles. The first-order valence-electron chi connectivity index (χ1n) is 14.7. The van der Waals surface area contributed by atoms with Crippen LogP contribution in [0.15, 0.2) is 58.6 Å². The predicted molar refractivity (Wildman–Crippen MR) is 165 cm³/mol. The Morgan fingerprint density at radius 3 is 1.90 bits per heavy atom. The fourth-order valence-corrected chi connectivity index (χ4v) is 5.90. The van der Waals surface area contributed by atoms with Gasteiger partial charge in [0.25, 0.3) is 11.7 Å². The Hall–Kier alpha value is -2.11. The van der Waals surface area contributed by atoms with Gasteiger partial charge in [0, 0.05) is 21.6 Å². The Balaban J connectivity index is 1.53. The number of hydrogen-bond acceptors (Lipinski definition) is 3. The average molecular weight is 617 g/mol. The van der Waals surface area contributed by atoms with Crippen molar-refractivity contribution in [3.05, 3.63) is 74.7 Å². The van der Waals surface area contributed by atoms with Crippen LogP contribution in [0, 0.1) is 0 Å². The molecule has 0 saturated carbocycles. The summed E-state index contributed by atoms with van der Waals surface area (Å²) in [7, 11) is 0. The van der Waals surface area contributed by atoms with E-state index in [1.807, 2.05) is 18.2 Å². The first-order valence-corrected chi connectivity index (χ1v) is 15.9. The molecule has 0 bridgehead atoms. The van der Waals surface area contributed by atoms with Crippen LogP contribution in [0.4, 0.5) is 0 Å². The van der Waals surface area contributed by atoms with Gasteiger partial charge in [-0.2, -0.15) is 0 Å². The van der Waals surface area contributed by atoms with Crippen LogP contribution in [0.3, 0.4) is 0 Å². The van der Waals surface area contributed by atoms with Crippen molar-refractivity contribution in [2.45, 2.75) is 103 Å². The Labute approximate surface area is 248 Å². The first kappa shape index (κ1) is 31.4. The summed E-state index contributed by atoms with van der Waals surface area (Å²) < 4.78 is 0.784. The molecule has 6 heteroatoms. The summed E-state index contributed by atoms with van der Waals surface area (Å²) in [5.74, 6) is -1.35. The molecule has 1 saturated heterocycles. The number of amides is 1. The van der Waals surface area contributed by atoms with E-state index in [1.165, 1.54) is 70.6 Å². The molecule has 212 valence electrons. The van der Waals surface area contributed by atoms with Crippen molar-refractivity contribution in [3.63, 3.8) is 0 Å². The van der Waals surface area contributed by atoms with Gasteiger partial charge in [0.15, 0.2) is 0 Å². The molecule has 2 aromatic carbocycles. The lowest BCUT2D eigenvalue weighted by atomic mass is 9.95. The predicted octanol–water partition coefficient (Wildman–Crippen LogP) is 10.0. The second-order valence-electron chi connectivity index (χ2n) is 10.7. The topological polar surface area (TPSA) is 57.6 Å². The molecule has 1 aliphatic heterocycles. The number of halogens is 2. The fraction of sp³-hybridized carbons (Fsp3) is 0.515. The van der Waals surface area contributed by atoms with Gasteiger partial charge in [0.05, 0.1) is 11.6 Å². The highest BCUT2D eigenvalue weighted by Gasteiger charge is 2.45. The lowest BCUT2D eigenvalue weighted by Gasteiger charge is -2.25. The summed E-state index contributed by atoms with van der Waals surface area (Å²) >= 11 is 9.53. The molecule has 1 fully saturated rings. The summed E-state index contributed by atoms with van der Waals surface area (Å²) in [5, 5.41) is 11.7. The van der Waals surface area contributed by atoms with Crippen LogP contribution in [-0.4, -0.2) is 28.2 Å². The molecular formula is C33H43BrClNO3. The minimum Gasteiger partial charge on any atom is -0.507 e. The fourth-order valence-electron chi connectivity index (χ4n) is 5.37. The van der Waals surface area contributed by atoms with Gasteiger partial charge in [-0.1, -0.05) is 142 Å². The molecule has 4 nitrogen and oxygen atoms in total. The molecule has 1 aliphatic rings. The normalized spacial score (nSPS) is 16.8. The molecule has 39 heavy (non-hydrogen) atoms. The quantitative estimate of drug-likeness (QED) is 0.0833. The Bertz CT molecular complexity index is 1100. The van der Waals surface area contributed by atoms with Gasteiger partial charge in [-0.05, 0) is 36.2 Å². The van der Waals surface area contributed by atoms with Crippen molar-refractivity contribution in [2.24, 2.45) is 0 Å². The zero-order valence-electron chi connectivity index (χ0n) is 23.3. The van der Waals surface area contributed by atoms with Crippen LogP contribution >= 0.6 is 27.5 Å². The molecule has 0 aliphatic carbocycles. The molecular weight excluding hydrogens is 574 g/mol. The van der Waals surface area contributed by atoms with Gasteiger partial charge in [0.2, 0.25) is 0 Å². The smallest absolute Gasteiger partial charge is 0.295 e. The van der Waals surface area contributed by atoms with E-state index in [-0.39, 0.29) is 11.3 Å². The number of carbonyl (C=O) groups is 2. The maximum Gasteiger partial charge on any atom is 0.295 e. The van der Waals surface area contributed by atoms with Gasteiger partial charge in [-0.25, -0.2) is 0 Å². The van der Waals surface area contributed by atoms with Crippen LogP contribution in [0.2, 0.25) is 5.02 Å². The number of carbonyl (C=O) groups excluding carboxylic acids is 2. The Morgan fingerprint density at radius 1 is 0.821 bits per heavy atom. The van der Waals surface area contributed by atoms with Gasteiger partial charge in [0.1, 0.15) is 5.76 Å². The Kier molecular flexibility index (Phi) is 13.6. The average Bonchev–Trinajstić information content (AvgIpc) is 3.18. The number of rotatable bonds is 17. The molecule has 1 unspecified atom stereocenters. The van der Waals surface area contributed by atoms with Crippen molar-refractivity contribution >= 4 is 45.0 Å². The molecule has 1 amide bonds. The zero-order chi connectivity index (χ0) is 28.0. The third-order valence-electron chi connectivity index (χ3n) is 7.58. The Morgan fingerprint density at radius 2 is 1.36 bits per heavy atom.